The number of likely N-dealkylation sites (N-methyl/N-ethyl adjacent to an activating group) is 2. The highest BCUT2D eigenvalue weighted by Gasteiger charge is 2.18. The summed E-state index contributed by atoms with van der Waals surface area (Å²) in [7, 11) is 6.09. The van der Waals surface area contributed by atoms with Gasteiger partial charge in [0.2, 0.25) is 0 Å². The van der Waals surface area contributed by atoms with E-state index in [1.165, 1.54) is 0 Å². The molecule has 0 aromatic carbocycles. The Morgan fingerprint density at radius 1 is 1.27 bits per heavy atom. The van der Waals surface area contributed by atoms with Gasteiger partial charge in [0.15, 0.2) is 0 Å². The van der Waals surface area contributed by atoms with Crippen LogP contribution >= 0.6 is 0 Å². The first-order chi connectivity index (χ1) is 7.09. The first-order valence-electron chi connectivity index (χ1n) is 5.45. The topological polar surface area (TPSA) is 38.8 Å². The van der Waals surface area contributed by atoms with E-state index in [4.69, 9.17) is 0 Å². The van der Waals surface area contributed by atoms with Crippen LogP contribution in [-0.2, 0) is 0 Å². The molecule has 0 radical (unpaired) electrons. The Bertz CT molecular complexity index is 200. The molecule has 88 valence electrons. The first kappa shape index (κ1) is 12.3. The highest BCUT2D eigenvalue weighted by Crippen LogP contribution is 1.98. The molecule has 0 spiro atoms. The average molecular weight is 214 g/mol. The van der Waals surface area contributed by atoms with Crippen LogP contribution in [0.15, 0.2) is 0 Å². The van der Waals surface area contributed by atoms with Crippen LogP contribution in [0.5, 0.6) is 0 Å². The predicted octanol–water partition coefficient (Wildman–Crippen LogP) is -0.495. The lowest BCUT2D eigenvalue weighted by Crippen LogP contribution is -2.51. The van der Waals surface area contributed by atoms with E-state index in [9.17, 15) is 4.79 Å². The molecule has 0 unspecified atom stereocenters. The first-order valence-corrected chi connectivity index (χ1v) is 5.45. The summed E-state index contributed by atoms with van der Waals surface area (Å²) >= 11 is 0. The Balaban J connectivity index is 2.17. The molecule has 5 nitrogen and oxygen atoms in total. The highest BCUT2D eigenvalue weighted by atomic mass is 16.2. The summed E-state index contributed by atoms with van der Waals surface area (Å²) in [6.07, 6.45) is 0. The maximum Gasteiger partial charge on any atom is 0.317 e. The number of nitrogens with zero attached hydrogens (tertiary/aromatic N) is 3. The zero-order chi connectivity index (χ0) is 11.3. The van der Waals surface area contributed by atoms with E-state index in [0.29, 0.717) is 0 Å². The third-order valence-corrected chi connectivity index (χ3v) is 2.63. The molecule has 1 aliphatic rings. The van der Waals surface area contributed by atoms with Gasteiger partial charge in [-0.2, -0.15) is 0 Å². The minimum atomic E-state index is 0.0740. The number of carbonyl (C=O) groups is 1. The standard InChI is InChI=1S/C10H22N4O/c1-12(2)5-4-11-10(15)14-8-6-13(3)7-9-14/h4-9H2,1-3H3,(H,11,15). The van der Waals surface area contributed by atoms with E-state index in [1.54, 1.807) is 0 Å². The Labute approximate surface area is 92.0 Å². The smallest absolute Gasteiger partial charge is 0.317 e. The fraction of sp³-hybridized carbons (Fsp3) is 0.900. The molecule has 1 rings (SSSR count). The Morgan fingerprint density at radius 2 is 1.87 bits per heavy atom. The zero-order valence-corrected chi connectivity index (χ0v) is 9.99. The van der Waals surface area contributed by atoms with Crippen molar-refractivity contribution in [3.63, 3.8) is 0 Å². The van der Waals surface area contributed by atoms with Crippen molar-refractivity contribution in [2.24, 2.45) is 0 Å². The predicted molar refractivity (Wildman–Crippen MR) is 61.0 cm³/mol. The molecular weight excluding hydrogens is 192 g/mol. The normalized spacial score (nSPS) is 18.3. The molecule has 1 heterocycles. The van der Waals surface area contributed by atoms with Crippen molar-refractivity contribution in [1.82, 2.24) is 20.0 Å². The van der Waals surface area contributed by atoms with Gasteiger partial charge in [0.25, 0.3) is 0 Å². The van der Waals surface area contributed by atoms with Gasteiger partial charge in [0, 0.05) is 39.3 Å². The van der Waals surface area contributed by atoms with Crippen LogP contribution < -0.4 is 5.32 Å². The monoisotopic (exact) mass is 214 g/mol. The van der Waals surface area contributed by atoms with Crippen LogP contribution in [0.25, 0.3) is 0 Å². The maximum absolute atomic E-state index is 11.7. The third-order valence-electron chi connectivity index (χ3n) is 2.63. The lowest BCUT2D eigenvalue weighted by atomic mass is 10.3. The van der Waals surface area contributed by atoms with Gasteiger partial charge in [0.05, 0.1) is 0 Å². The van der Waals surface area contributed by atoms with E-state index in [1.807, 2.05) is 19.0 Å². The molecular formula is C10H22N4O. The quantitative estimate of drug-likeness (QED) is 0.689. The maximum atomic E-state index is 11.7. The molecule has 1 saturated heterocycles. The van der Waals surface area contributed by atoms with Crippen molar-refractivity contribution in [3.8, 4) is 0 Å². The summed E-state index contributed by atoms with van der Waals surface area (Å²) in [4.78, 5) is 17.8. The second-order valence-electron chi connectivity index (χ2n) is 4.33. The molecule has 2 amide bonds. The van der Waals surface area contributed by atoms with E-state index < -0.39 is 0 Å². The summed E-state index contributed by atoms with van der Waals surface area (Å²) in [6.45, 7) is 5.23. The zero-order valence-electron chi connectivity index (χ0n) is 9.99. The van der Waals surface area contributed by atoms with Crippen LogP contribution in [0.1, 0.15) is 0 Å². The number of amides is 2. The second-order valence-corrected chi connectivity index (χ2v) is 4.33. The molecule has 0 aromatic rings. The van der Waals surface area contributed by atoms with Crippen molar-refractivity contribution in [1.29, 1.82) is 0 Å². The molecule has 5 heteroatoms. The summed E-state index contributed by atoms with van der Waals surface area (Å²) < 4.78 is 0. The molecule has 0 saturated carbocycles. The van der Waals surface area contributed by atoms with Crippen molar-refractivity contribution in [3.05, 3.63) is 0 Å². The molecule has 0 bridgehead atoms. The van der Waals surface area contributed by atoms with E-state index in [2.05, 4.69) is 22.2 Å². The number of rotatable bonds is 3. The summed E-state index contributed by atoms with van der Waals surface area (Å²) in [6, 6.07) is 0.0740. The molecule has 0 atom stereocenters. The van der Waals surface area contributed by atoms with E-state index >= 15 is 0 Å². The van der Waals surface area contributed by atoms with Gasteiger partial charge in [-0.3, -0.25) is 0 Å². The van der Waals surface area contributed by atoms with Crippen LogP contribution in [0.3, 0.4) is 0 Å². The second kappa shape index (κ2) is 5.92. The fourth-order valence-electron chi connectivity index (χ4n) is 1.51. The van der Waals surface area contributed by atoms with E-state index in [0.717, 1.165) is 39.3 Å². The van der Waals surface area contributed by atoms with Gasteiger partial charge in [-0.1, -0.05) is 0 Å². The molecule has 1 aliphatic heterocycles. The van der Waals surface area contributed by atoms with Gasteiger partial charge in [-0.25, -0.2) is 4.79 Å². The van der Waals surface area contributed by atoms with Gasteiger partial charge in [0.1, 0.15) is 0 Å². The minimum Gasteiger partial charge on any atom is -0.337 e. The van der Waals surface area contributed by atoms with Gasteiger partial charge in [-0.05, 0) is 21.1 Å². The molecule has 0 aromatic heterocycles. The SMILES string of the molecule is CN(C)CCNC(=O)N1CCN(C)CC1. The number of hydrogen-bond acceptors (Lipinski definition) is 3. The summed E-state index contributed by atoms with van der Waals surface area (Å²) in [5, 5.41) is 2.93. The lowest BCUT2D eigenvalue weighted by molar-refractivity contribution is 0.154. The number of hydrogen-bond donors (Lipinski definition) is 1. The van der Waals surface area contributed by atoms with Crippen LogP contribution in [0.2, 0.25) is 0 Å². The van der Waals surface area contributed by atoms with Crippen molar-refractivity contribution in [2.75, 3.05) is 60.4 Å². The van der Waals surface area contributed by atoms with Crippen LogP contribution in [-0.4, -0.2) is 81.1 Å². The average Bonchev–Trinajstić information content (AvgIpc) is 2.18. The van der Waals surface area contributed by atoms with Crippen LogP contribution in [0.4, 0.5) is 4.79 Å². The minimum absolute atomic E-state index is 0.0740. The van der Waals surface area contributed by atoms with Gasteiger partial charge < -0.3 is 20.0 Å². The largest absolute Gasteiger partial charge is 0.337 e. The van der Waals surface area contributed by atoms with Crippen molar-refractivity contribution < 1.29 is 4.79 Å². The lowest BCUT2D eigenvalue weighted by Gasteiger charge is -2.32. The molecule has 1 fully saturated rings. The Hall–Kier alpha value is -0.810. The van der Waals surface area contributed by atoms with Gasteiger partial charge >= 0.3 is 6.03 Å². The van der Waals surface area contributed by atoms with Gasteiger partial charge in [-0.15, -0.1) is 0 Å². The summed E-state index contributed by atoms with van der Waals surface area (Å²) in [5.41, 5.74) is 0. The Kier molecular flexibility index (Phi) is 4.84. The molecule has 1 N–H and O–H groups in total. The number of piperazine rings is 1. The van der Waals surface area contributed by atoms with Crippen molar-refractivity contribution >= 4 is 6.03 Å². The number of urea groups is 1. The Morgan fingerprint density at radius 3 is 2.40 bits per heavy atom. The molecule has 0 aliphatic carbocycles. The number of nitrogens with one attached hydrogen (secondary N) is 1. The van der Waals surface area contributed by atoms with Crippen molar-refractivity contribution in [2.45, 2.75) is 0 Å². The summed E-state index contributed by atoms with van der Waals surface area (Å²) in [5.74, 6) is 0. The fourth-order valence-corrected chi connectivity index (χ4v) is 1.51. The van der Waals surface area contributed by atoms with Crippen LogP contribution in [0, 0.1) is 0 Å². The highest BCUT2D eigenvalue weighted by molar-refractivity contribution is 5.74. The molecule has 15 heavy (non-hydrogen) atoms. The third kappa shape index (κ3) is 4.48. The number of carbonyl (C=O) groups excluding carboxylic acids is 1. The van der Waals surface area contributed by atoms with E-state index in [-0.39, 0.29) is 6.03 Å².